The number of esters is 1. The van der Waals surface area contributed by atoms with Crippen molar-refractivity contribution in [1.29, 1.82) is 0 Å². The molecule has 138 valence electrons. The van der Waals surface area contributed by atoms with Crippen LogP contribution < -0.4 is 5.32 Å². The summed E-state index contributed by atoms with van der Waals surface area (Å²) in [6.45, 7) is 3.52. The largest absolute Gasteiger partial charge is 0.451 e. The van der Waals surface area contributed by atoms with Crippen molar-refractivity contribution in [2.75, 3.05) is 20.3 Å². The summed E-state index contributed by atoms with van der Waals surface area (Å²) in [5.41, 5.74) is 0. The summed E-state index contributed by atoms with van der Waals surface area (Å²) in [7, 11) is 1.51. The minimum Gasteiger partial charge on any atom is -0.451 e. The second-order valence-electron chi connectivity index (χ2n) is 6.24. The van der Waals surface area contributed by atoms with E-state index in [0.717, 1.165) is 4.90 Å². The smallest absolute Gasteiger partial charge is 0.329 e. The summed E-state index contributed by atoms with van der Waals surface area (Å²) in [5, 5.41) is 2.56. The van der Waals surface area contributed by atoms with Gasteiger partial charge in [-0.1, -0.05) is 12.2 Å². The van der Waals surface area contributed by atoms with E-state index in [2.05, 4.69) is 5.32 Å². The van der Waals surface area contributed by atoms with Gasteiger partial charge in [0.05, 0.1) is 18.4 Å². The Balaban J connectivity index is 1.94. The van der Waals surface area contributed by atoms with Gasteiger partial charge in [0.15, 0.2) is 6.10 Å². The first-order chi connectivity index (χ1) is 11.9. The molecule has 1 aliphatic heterocycles. The van der Waals surface area contributed by atoms with E-state index < -0.39 is 35.9 Å². The molecule has 0 unspecified atom stereocenters. The van der Waals surface area contributed by atoms with E-state index in [1.54, 1.807) is 0 Å². The Kier molecular flexibility index (Phi) is 6.30. The molecule has 1 aliphatic carbocycles. The topological polar surface area (TPSA) is 102 Å². The zero-order valence-corrected chi connectivity index (χ0v) is 14.7. The molecule has 2 rings (SSSR count). The molecular formula is C17H24N2O6. The standard InChI is InChI=1S/C17H24N2O6/c1-10(17(23)25-11(2)14(20)18-8-9-24-3)19-15(21)12-6-4-5-7-13(12)16(19)22/h4-5,10-13H,6-9H2,1-3H3,(H,18,20)/t10-,11-,12-,13-/m0/s1. The van der Waals surface area contributed by atoms with Crippen LogP contribution in [0.15, 0.2) is 12.2 Å². The average molecular weight is 352 g/mol. The van der Waals surface area contributed by atoms with Gasteiger partial charge in [0.25, 0.3) is 5.91 Å². The van der Waals surface area contributed by atoms with E-state index in [-0.39, 0.29) is 11.8 Å². The number of carbonyl (C=O) groups excluding carboxylic acids is 4. The number of ether oxygens (including phenoxy) is 2. The number of hydrogen-bond acceptors (Lipinski definition) is 6. The summed E-state index contributed by atoms with van der Waals surface area (Å²) in [5.74, 6) is -2.73. The Morgan fingerprint density at radius 2 is 1.76 bits per heavy atom. The van der Waals surface area contributed by atoms with Crippen LogP contribution in [0.25, 0.3) is 0 Å². The molecule has 2 aliphatic rings. The minimum absolute atomic E-state index is 0.298. The van der Waals surface area contributed by atoms with Crippen molar-refractivity contribution in [3.8, 4) is 0 Å². The highest BCUT2D eigenvalue weighted by atomic mass is 16.5. The Hall–Kier alpha value is -2.22. The molecule has 3 amide bonds. The van der Waals surface area contributed by atoms with Crippen LogP contribution >= 0.6 is 0 Å². The van der Waals surface area contributed by atoms with Gasteiger partial charge >= 0.3 is 5.97 Å². The zero-order chi connectivity index (χ0) is 18.6. The summed E-state index contributed by atoms with van der Waals surface area (Å²) in [6.07, 6.45) is 3.75. The molecule has 8 heteroatoms. The van der Waals surface area contributed by atoms with Crippen LogP contribution in [0, 0.1) is 11.8 Å². The normalized spacial score (nSPS) is 24.7. The summed E-state index contributed by atoms with van der Waals surface area (Å²) in [6, 6.07) is -1.06. The number of amides is 3. The summed E-state index contributed by atoms with van der Waals surface area (Å²) >= 11 is 0. The fraction of sp³-hybridized carbons (Fsp3) is 0.647. The van der Waals surface area contributed by atoms with E-state index in [1.807, 2.05) is 12.2 Å². The van der Waals surface area contributed by atoms with Crippen molar-refractivity contribution in [3.05, 3.63) is 12.2 Å². The van der Waals surface area contributed by atoms with Gasteiger partial charge in [-0.3, -0.25) is 19.3 Å². The van der Waals surface area contributed by atoms with Gasteiger partial charge in [-0.05, 0) is 26.7 Å². The van der Waals surface area contributed by atoms with Gasteiger partial charge in [0.2, 0.25) is 11.8 Å². The highest BCUT2D eigenvalue weighted by molar-refractivity contribution is 6.08. The van der Waals surface area contributed by atoms with E-state index in [9.17, 15) is 19.2 Å². The highest BCUT2D eigenvalue weighted by Gasteiger charge is 2.50. The van der Waals surface area contributed by atoms with Crippen molar-refractivity contribution in [3.63, 3.8) is 0 Å². The summed E-state index contributed by atoms with van der Waals surface area (Å²) < 4.78 is 9.93. The van der Waals surface area contributed by atoms with Crippen LogP contribution in [0.2, 0.25) is 0 Å². The SMILES string of the molecule is COCCNC(=O)[C@H](C)OC(=O)[C@H](C)N1C(=O)[C@H]2CC=CC[C@@H]2C1=O. The van der Waals surface area contributed by atoms with E-state index in [1.165, 1.54) is 21.0 Å². The third kappa shape index (κ3) is 4.07. The third-order valence-corrected chi connectivity index (χ3v) is 4.54. The van der Waals surface area contributed by atoms with Crippen molar-refractivity contribution in [2.24, 2.45) is 11.8 Å². The van der Waals surface area contributed by atoms with Gasteiger partial charge in [0.1, 0.15) is 6.04 Å². The highest BCUT2D eigenvalue weighted by Crippen LogP contribution is 2.36. The Morgan fingerprint density at radius 1 is 1.20 bits per heavy atom. The Labute approximate surface area is 146 Å². The first-order valence-electron chi connectivity index (χ1n) is 8.37. The molecular weight excluding hydrogens is 328 g/mol. The molecule has 4 atom stereocenters. The van der Waals surface area contributed by atoms with Crippen molar-refractivity contribution < 1.29 is 28.7 Å². The number of nitrogens with one attached hydrogen (secondary N) is 1. The Bertz CT molecular complexity index is 562. The number of allylic oxidation sites excluding steroid dienone is 2. The molecule has 1 N–H and O–H groups in total. The van der Waals surface area contributed by atoms with Crippen LogP contribution in [-0.4, -0.2) is 61.0 Å². The number of carbonyl (C=O) groups is 4. The van der Waals surface area contributed by atoms with Crippen LogP contribution in [-0.2, 0) is 28.7 Å². The number of methoxy groups -OCH3 is 1. The number of imide groups is 1. The fourth-order valence-corrected chi connectivity index (χ4v) is 3.06. The van der Waals surface area contributed by atoms with Gasteiger partial charge in [-0.15, -0.1) is 0 Å². The van der Waals surface area contributed by atoms with Crippen LogP contribution in [0.1, 0.15) is 26.7 Å². The molecule has 0 aromatic carbocycles. The number of nitrogens with zero attached hydrogens (tertiary/aromatic N) is 1. The van der Waals surface area contributed by atoms with E-state index in [0.29, 0.717) is 26.0 Å². The molecule has 0 aromatic heterocycles. The average Bonchev–Trinajstić information content (AvgIpc) is 2.85. The van der Waals surface area contributed by atoms with E-state index >= 15 is 0 Å². The molecule has 0 spiro atoms. The zero-order valence-electron chi connectivity index (χ0n) is 14.7. The molecule has 0 bridgehead atoms. The predicted molar refractivity (Wildman–Crippen MR) is 87.1 cm³/mol. The number of fused-ring (bicyclic) bond motifs is 1. The maximum Gasteiger partial charge on any atom is 0.329 e. The molecule has 1 heterocycles. The van der Waals surface area contributed by atoms with Crippen molar-refractivity contribution >= 4 is 23.7 Å². The second kappa shape index (κ2) is 8.24. The van der Waals surface area contributed by atoms with Gasteiger partial charge in [-0.25, -0.2) is 4.79 Å². The molecule has 8 nitrogen and oxygen atoms in total. The lowest BCUT2D eigenvalue weighted by molar-refractivity contribution is -0.164. The lowest BCUT2D eigenvalue weighted by Crippen LogP contribution is -2.46. The maximum absolute atomic E-state index is 12.5. The quantitative estimate of drug-likeness (QED) is 0.300. The molecule has 0 aromatic rings. The Morgan fingerprint density at radius 3 is 2.28 bits per heavy atom. The first kappa shape index (κ1) is 19.1. The third-order valence-electron chi connectivity index (χ3n) is 4.54. The maximum atomic E-state index is 12.5. The van der Waals surface area contributed by atoms with Crippen LogP contribution in [0.3, 0.4) is 0 Å². The van der Waals surface area contributed by atoms with Crippen molar-refractivity contribution in [2.45, 2.75) is 38.8 Å². The molecule has 0 radical (unpaired) electrons. The number of rotatable bonds is 7. The summed E-state index contributed by atoms with van der Waals surface area (Å²) in [4.78, 5) is 50.0. The number of hydrogen-bond donors (Lipinski definition) is 1. The number of likely N-dealkylation sites (tertiary alicyclic amines) is 1. The second-order valence-corrected chi connectivity index (χ2v) is 6.24. The predicted octanol–water partition coefficient (Wildman–Crippen LogP) is 0.0204. The van der Waals surface area contributed by atoms with Crippen LogP contribution in [0.4, 0.5) is 0 Å². The lowest BCUT2D eigenvalue weighted by atomic mass is 9.85. The van der Waals surface area contributed by atoms with Gasteiger partial charge < -0.3 is 14.8 Å². The van der Waals surface area contributed by atoms with Gasteiger partial charge in [-0.2, -0.15) is 0 Å². The van der Waals surface area contributed by atoms with Gasteiger partial charge in [0, 0.05) is 13.7 Å². The monoisotopic (exact) mass is 352 g/mol. The molecule has 1 fully saturated rings. The molecule has 25 heavy (non-hydrogen) atoms. The van der Waals surface area contributed by atoms with Crippen LogP contribution in [0.5, 0.6) is 0 Å². The first-order valence-corrected chi connectivity index (χ1v) is 8.37. The van der Waals surface area contributed by atoms with Crippen molar-refractivity contribution in [1.82, 2.24) is 10.2 Å². The fourth-order valence-electron chi connectivity index (χ4n) is 3.06. The van der Waals surface area contributed by atoms with E-state index in [4.69, 9.17) is 9.47 Å². The molecule has 0 saturated carbocycles. The lowest BCUT2D eigenvalue weighted by Gasteiger charge is -2.23. The molecule has 1 saturated heterocycles. The minimum atomic E-state index is -1.06.